The average molecular weight is 435 g/mol. The highest BCUT2D eigenvalue weighted by atomic mass is 32.2. The normalized spacial score (nSPS) is 14.9. The number of rotatable bonds is 6. The van der Waals surface area contributed by atoms with Gasteiger partial charge in [-0.1, -0.05) is 19.1 Å². The molecule has 1 heterocycles. The van der Waals surface area contributed by atoms with E-state index >= 15 is 0 Å². The average Bonchev–Trinajstić information content (AvgIpc) is 2.87. The molecule has 0 saturated heterocycles. The Hall–Kier alpha value is -2.52. The van der Waals surface area contributed by atoms with Crippen molar-refractivity contribution < 1.29 is 22.7 Å². The SMILES string of the molecule is COc1ccccc1NC(=O)[C@H](C)CS(=O)(=O)c1ccc2c(c1)NC(=O)CCS2. The van der Waals surface area contributed by atoms with Crippen LogP contribution in [0.3, 0.4) is 0 Å². The number of ether oxygens (including phenoxy) is 1. The number of methoxy groups -OCH3 is 1. The van der Waals surface area contributed by atoms with Gasteiger partial charge < -0.3 is 15.4 Å². The summed E-state index contributed by atoms with van der Waals surface area (Å²) in [6.07, 6.45) is 0.377. The molecule has 1 aliphatic heterocycles. The fourth-order valence-electron chi connectivity index (χ4n) is 2.90. The van der Waals surface area contributed by atoms with Crippen LogP contribution in [0.5, 0.6) is 5.75 Å². The van der Waals surface area contributed by atoms with Crippen LogP contribution in [0, 0.1) is 5.92 Å². The lowest BCUT2D eigenvalue weighted by Crippen LogP contribution is -2.27. The predicted octanol–water partition coefficient (Wildman–Crippen LogP) is 3.18. The molecule has 0 radical (unpaired) electrons. The number of amides is 2. The number of nitrogens with one attached hydrogen (secondary N) is 2. The molecule has 9 heteroatoms. The van der Waals surface area contributed by atoms with Crippen LogP contribution in [-0.4, -0.2) is 38.8 Å². The second kappa shape index (κ2) is 8.87. The van der Waals surface area contributed by atoms with Crippen molar-refractivity contribution in [3.63, 3.8) is 0 Å². The number of hydrogen-bond donors (Lipinski definition) is 2. The Balaban J connectivity index is 1.75. The highest BCUT2D eigenvalue weighted by molar-refractivity contribution is 7.99. The summed E-state index contributed by atoms with van der Waals surface area (Å²) in [5.41, 5.74) is 0.971. The molecule has 2 aromatic carbocycles. The zero-order valence-electron chi connectivity index (χ0n) is 16.1. The van der Waals surface area contributed by atoms with Crippen molar-refractivity contribution in [3.8, 4) is 5.75 Å². The Morgan fingerprint density at radius 3 is 2.79 bits per heavy atom. The maximum Gasteiger partial charge on any atom is 0.228 e. The molecule has 29 heavy (non-hydrogen) atoms. The van der Waals surface area contributed by atoms with Gasteiger partial charge in [0.15, 0.2) is 9.84 Å². The van der Waals surface area contributed by atoms with E-state index in [4.69, 9.17) is 4.74 Å². The van der Waals surface area contributed by atoms with Gasteiger partial charge in [-0.15, -0.1) is 11.8 Å². The molecule has 0 saturated carbocycles. The molecule has 0 aromatic heterocycles. The van der Waals surface area contributed by atoms with E-state index in [2.05, 4.69) is 10.6 Å². The molecule has 1 aliphatic rings. The van der Waals surface area contributed by atoms with Gasteiger partial charge in [0.2, 0.25) is 11.8 Å². The molecule has 154 valence electrons. The molecule has 0 spiro atoms. The Kier molecular flexibility index (Phi) is 6.49. The fraction of sp³-hybridized carbons (Fsp3) is 0.300. The van der Waals surface area contributed by atoms with Crippen molar-refractivity contribution in [1.29, 1.82) is 0 Å². The summed E-state index contributed by atoms with van der Waals surface area (Å²) in [7, 11) is -2.23. The summed E-state index contributed by atoms with van der Waals surface area (Å²) in [6, 6.07) is 11.6. The maximum atomic E-state index is 12.9. The minimum absolute atomic E-state index is 0.0796. The van der Waals surface area contributed by atoms with Gasteiger partial charge in [0, 0.05) is 23.0 Å². The molecule has 2 N–H and O–H groups in total. The number of carbonyl (C=O) groups is 2. The minimum Gasteiger partial charge on any atom is -0.495 e. The van der Waals surface area contributed by atoms with Gasteiger partial charge in [-0.25, -0.2) is 8.42 Å². The number of carbonyl (C=O) groups excluding carboxylic acids is 2. The molecule has 2 amide bonds. The van der Waals surface area contributed by atoms with Crippen LogP contribution in [0.4, 0.5) is 11.4 Å². The number of anilines is 2. The summed E-state index contributed by atoms with van der Waals surface area (Å²) in [6.45, 7) is 1.56. The van der Waals surface area contributed by atoms with Crippen LogP contribution in [0.15, 0.2) is 52.3 Å². The molecule has 0 bridgehead atoms. The Labute approximate surface area is 174 Å². The Bertz CT molecular complexity index is 1040. The number of thioether (sulfide) groups is 1. The predicted molar refractivity (Wildman–Crippen MR) is 113 cm³/mol. The van der Waals surface area contributed by atoms with E-state index in [0.717, 1.165) is 4.90 Å². The standard InChI is InChI=1S/C20H22N2O5S2/c1-13(20(24)22-15-5-3-4-6-17(15)27-2)12-29(25,26)14-7-8-18-16(11-14)21-19(23)9-10-28-18/h3-8,11,13H,9-10,12H2,1-2H3,(H,21,23)(H,22,24)/t13-/m1/s1. The summed E-state index contributed by atoms with van der Waals surface area (Å²) in [4.78, 5) is 25.2. The molecule has 3 rings (SSSR count). The molecule has 7 nitrogen and oxygen atoms in total. The van der Waals surface area contributed by atoms with E-state index in [9.17, 15) is 18.0 Å². The van der Waals surface area contributed by atoms with Crippen LogP contribution >= 0.6 is 11.8 Å². The van der Waals surface area contributed by atoms with Crippen molar-refractivity contribution in [1.82, 2.24) is 0 Å². The van der Waals surface area contributed by atoms with Gasteiger partial charge >= 0.3 is 0 Å². The second-order valence-corrected chi connectivity index (χ2v) is 9.85. The molecular formula is C20H22N2O5S2. The number of sulfone groups is 1. The lowest BCUT2D eigenvalue weighted by molar-refractivity contribution is -0.119. The Morgan fingerprint density at radius 2 is 2.03 bits per heavy atom. The first kappa shape index (κ1) is 21.2. The van der Waals surface area contributed by atoms with Crippen LogP contribution in [-0.2, 0) is 19.4 Å². The van der Waals surface area contributed by atoms with Crippen molar-refractivity contribution in [2.45, 2.75) is 23.1 Å². The highest BCUT2D eigenvalue weighted by Crippen LogP contribution is 2.33. The first-order valence-electron chi connectivity index (χ1n) is 9.03. The van der Waals surface area contributed by atoms with Gasteiger partial charge in [-0.2, -0.15) is 0 Å². The number of para-hydroxylation sites is 2. The topological polar surface area (TPSA) is 102 Å². The third-order valence-corrected chi connectivity index (χ3v) is 7.44. The van der Waals surface area contributed by atoms with Crippen LogP contribution in [0.2, 0.25) is 0 Å². The van der Waals surface area contributed by atoms with Crippen molar-refractivity contribution in [2.24, 2.45) is 5.92 Å². The van der Waals surface area contributed by atoms with E-state index in [-0.39, 0.29) is 16.6 Å². The molecular weight excluding hydrogens is 412 g/mol. The zero-order valence-corrected chi connectivity index (χ0v) is 17.7. The van der Waals surface area contributed by atoms with Gasteiger partial charge in [-0.3, -0.25) is 9.59 Å². The second-order valence-electron chi connectivity index (χ2n) is 6.68. The lowest BCUT2D eigenvalue weighted by Gasteiger charge is -2.15. The highest BCUT2D eigenvalue weighted by Gasteiger charge is 2.25. The van der Waals surface area contributed by atoms with Gasteiger partial charge in [0.1, 0.15) is 5.75 Å². The van der Waals surface area contributed by atoms with Crippen molar-refractivity contribution in [3.05, 3.63) is 42.5 Å². The van der Waals surface area contributed by atoms with Crippen molar-refractivity contribution in [2.75, 3.05) is 29.2 Å². The third kappa shape index (κ3) is 5.10. The van der Waals surface area contributed by atoms with E-state index in [0.29, 0.717) is 29.3 Å². The summed E-state index contributed by atoms with van der Waals surface area (Å²) in [5.74, 6) is -0.562. The first-order chi connectivity index (χ1) is 13.8. The molecule has 0 aliphatic carbocycles. The van der Waals surface area contributed by atoms with Crippen LogP contribution in [0.25, 0.3) is 0 Å². The van der Waals surface area contributed by atoms with E-state index in [1.54, 1.807) is 37.3 Å². The molecule has 0 fully saturated rings. The quantitative estimate of drug-likeness (QED) is 0.724. The zero-order chi connectivity index (χ0) is 21.0. The van der Waals surface area contributed by atoms with Gasteiger partial charge in [-0.05, 0) is 30.3 Å². The van der Waals surface area contributed by atoms with Crippen LogP contribution in [0.1, 0.15) is 13.3 Å². The maximum absolute atomic E-state index is 12.9. The molecule has 0 unspecified atom stereocenters. The van der Waals surface area contributed by atoms with E-state index in [1.165, 1.54) is 31.0 Å². The Morgan fingerprint density at radius 1 is 1.28 bits per heavy atom. The summed E-state index contributed by atoms with van der Waals surface area (Å²) < 4.78 is 30.9. The van der Waals surface area contributed by atoms with E-state index < -0.39 is 21.7 Å². The lowest BCUT2D eigenvalue weighted by atomic mass is 10.2. The monoisotopic (exact) mass is 434 g/mol. The van der Waals surface area contributed by atoms with E-state index in [1.807, 2.05) is 0 Å². The summed E-state index contributed by atoms with van der Waals surface area (Å²) >= 11 is 1.50. The molecule has 1 atom stereocenters. The summed E-state index contributed by atoms with van der Waals surface area (Å²) in [5, 5.41) is 5.45. The fourth-order valence-corrected chi connectivity index (χ4v) is 5.41. The molecule has 2 aromatic rings. The number of hydrogen-bond acceptors (Lipinski definition) is 6. The smallest absolute Gasteiger partial charge is 0.228 e. The first-order valence-corrected chi connectivity index (χ1v) is 11.7. The van der Waals surface area contributed by atoms with Crippen molar-refractivity contribution >= 4 is 44.8 Å². The number of benzene rings is 2. The third-order valence-electron chi connectivity index (χ3n) is 4.45. The van der Waals surface area contributed by atoms with Gasteiger partial charge in [0.25, 0.3) is 0 Å². The van der Waals surface area contributed by atoms with Crippen LogP contribution < -0.4 is 15.4 Å². The van der Waals surface area contributed by atoms with Gasteiger partial charge in [0.05, 0.1) is 29.1 Å². The number of fused-ring (bicyclic) bond motifs is 1. The largest absolute Gasteiger partial charge is 0.495 e. The minimum atomic E-state index is -3.73.